The lowest BCUT2D eigenvalue weighted by atomic mass is 10.2. The molecule has 0 radical (unpaired) electrons. The lowest BCUT2D eigenvalue weighted by molar-refractivity contribution is 0.184. The van der Waals surface area contributed by atoms with Crippen LogP contribution < -0.4 is 10.6 Å². The third-order valence-corrected chi connectivity index (χ3v) is 4.69. The second kappa shape index (κ2) is 9.05. The van der Waals surface area contributed by atoms with Gasteiger partial charge in [0.1, 0.15) is 11.9 Å². The van der Waals surface area contributed by atoms with E-state index in [1.165, 1.54) is 4.70 Å². The van der Waals surface area contributed by atoms with E-state index in [1.807, 2.05) is 30.3 Å². The Labute approximate surface area is 161 Å². The number of hydrogen-bond donors (Lipinski definition) is 3. The molecular formula is C17H20IN3O2S. The first-order chi connectivity index (χ1) is 11.3. The maximum atomic E-state index is 10.4. The SMILES string of the molecule is CN=C(NCc1ccco1)NCC(O)c1cc2ccccc2s1.I. The van der Waals surface area contributed by atoms with Crippen LogP contribution in [0.2, 0.25) is 0 Å². The summed E-state index contributed by atoms with van der Waals surface area (Å²) in [4.78, 5) is 5.09. The van der Waals surface area contributed by atoms with Crippen LogP contribution in [-0.4, -0.2) is 24.7 Å². The van der Waals surface area contributed by atoms with Crippen molar-refractivity contribution in [2.75, 3.05) is 13.6 Å². The monoisotopic (exact) mass is 457 g/mol. The first kappa shape index (κ1) is 18.8. The number of nitrogens with zero attached hydrogens (tertiary/aromatic N) is 1. The molecule has 0 amide bonds. The summed E-state index contributed by atoms with van der Waals surface area (Å²) in [5, 5.41) is 17.8. The summed E-state index contributed by atoms with van der Waals surface area (Å²) in [5.74, 6) is 1.46. The van der Waals surface area contributed by atoms with Crippen LogP contribution in [0.4, 0.5) is 0 Å². The summed E-state index contributed by atoms with van der Waals surface area (Å²) in [6.45, 7) is 0.941. The molecule has 0 spiro atoms. The van der Waals surface area contributed by atoms with Crippen LogP contribution in [0.3, 0.4) is 0 Å². The van der Waals surface area contributed by atoms with E-state index < -0.39 is 6.10 Å². The standard InChI is InChI=1S/C17H19N3O2S.HI/c1-18-17(19-10-13-6-4-8-22-13)20-11-14(21)16-9-12-5-2-3-7-15(12)23-16;/h2-9,14,21H,10-11H2,1H3,(H2,18,19,20);1H. The van der Waals surface area contributed by atoms with Gasteiger partial charge in [-0.2, -0.15) is 0 Å². The second-order valence-corrected chi connectivity index (χ2v) is 6.20. The molecular weight excluding hydrogens is 437 g/mol. The maximum absolute atomic E-state index is 10.4. The van der Waals surface area contributed by atoms with Crippen molar-refractivity contribution in [3.8, 4) is 0 Å². The van der Waals surface area contributed by atoms with E-state index in [1.54, 1.807) is 24.6 Å². The smallest absolute Gasteiger partial charge is 0.191 e. The van der Waals surface area contributed by atoms with Gasteiger partial charge in [0, 0.05) is 23.2 Å². The highest BCUT2D eigenvalue weighted by Crippen LogP contribution is 2.29. The lowest BCUT2D eigenvalue weighted by Crippen LogP contribution is -2.38. The molecule has 3 N–H and O–H groups in total. The summed E-state index contributed by atoms with van der Waals surface area (Å²) in [7, 11) is 1.70. The normalized spacial score (nSPS) is 12.7. The highest BCUT2D eigenvalue weighted by atomic mass is 127. The Hall–Kier alpha value is -1.58. The summed E-state index contributed by atoms with van der Waals surface area (Å²) in [6, 6.07) is 13.9. The van der Waals surface area contributed by atoms with Gasteiger partial charge in [-0.15, -0.1) is 35.3 Å². The number of hydrogen-bond acceptors (Lipinski definition) is 4. The molecule has 0 saturated carbocycles. The minimum absolute atomic E-state index is 0. The molecule has 1 aromatic carbocycles. The molecule has 24 heavy (non-hydrogen) atoms. The van der Waals surface area contributed by atoms with Crippen LogP contribution >= 0.6 is 35.3 Å². The Morgan fingerprint density at radius 1 is 1.25 bits per heavy atom. The maximum Gasteiger partial charge on any atom is 0.191 e. The fourth-order valence-electron chi connectivity index (χ4n) is 2.27. The molecule has 3 rings (SSSR count). The summed E-state index contributed by atoms with van der Waals surface area (Å²) in [5.41, 5.74) is 0. The van der Waals surface area contributed by atoms with Crippen LogP contribution in [0.5, 0.6) is 0 Å². The van der Waals surface area contributed by atoms with Crippen molar-refractivity contribution in [3.05, 3.63) is 59.4 Å². The second-order valence-electron chi connectivity index (χ2n) is 5.09. The third-order valence-electron chi connectivity index (χ3n) is 3.47. The predicted molar refractivity (Wildman–Crippen MR) is 109 cm³/mol. The average Bonchev–Trinajstić information content (AvgIpc) is 3.23. The summed E-state index contributed by atoms with van der Waals surface area (Å²) >= 11 is 1.61. The molecule has 2 heterocycles. The molecule has 1 unspecified atom stereocenters. The molecule has 5 nitrogen and oxygen atoms in total. The number of aliphatic imine (C=N–C) groups is 1. The zero-order valence-electron chi connectivity index (χ0n) is 13.2. The molecule has 0 bridgehead atoms. The quantitative estimate of drug-likeness (QED) is 0.312. The summed E-state index contributed by atoms with van der Waals surface area (Å²) < 4.78 is 6.45. The Kier molecular flexibility index (Phi) is 7.07. The number of fused-ring (bicyclic) bond motifs is 1. The van der Waals surface area contributed by atoms with Gasteiger partial charge in [-0.05, 0) is 29.7 Å². The Bertz CT molecular complexity index is 753. The summed E-state index contributed by atoms with van der Waals surface area (Å²) in [6.07, 6.45) is 1.06. The number of rotatable bonds is 5. The molecule has 3 aromatic rings. The Balaban J connectivity index is 0.00000208. The Morgan fingerprint density at radius 3 is 2.79 bits per heavy atom. The van der Waals surface area contributed by atoms with Gasteiger partial charge in [0.25, 0.3) is 0 Å². The van der Waals surface area contributed by atoms with Gasteiger partial charge in [0.15, 0.2) is 5.96 Å². The van der Waals surface area contributed by atoms with E-state index in [4.69, 9.17) is 4.42 Å². The van der Waals surface area contributed by atoms with E-state index in [0.29, 0.717) is 19.0 Å². The largest absolute Gasteiger partial charge is 0.467 e. The first-order valence-corrected chi connectivity index (χ1v) is 8.21. The zero-order chi connectivity index (χ0) is 16.1. The number of nitrogens with one attached hydrogen (secondary N) is 2. The van der Waals surface area contributed by atoms with Crippen molar-refractivity contribution in [1.29, 1.82) is 0 Å². The van der Waals surface area contributed by atoms with Crippen LogP contribution in [0.1, 0.15) is 16.7 Å². The van der Waals surface area contributed by atoms with E-state index in [9.17, 15) is 5.11 Å². The Morgan fingerprint density at radius 2 is 2.08 bits per heavy atom. The van der Waals surface area contributed by atoms with Crippen molar-refractivity contribution in [2.24, 2.45) is 4.99 Å². The van der Waals surface area contributed by atoms with Crippen LogP contribution in [-0.2, 0) is 6.54 Å². The lowest BCUT2D eigenvalue weighted by Gasteiger charge is -2.14. The first-order valence-electron chi connectivity index (χ1n) is 7.39. The van der Waals surface area contributed by atoms with Crippen molar-refractivity contribution < 1.29 is 9.52 Å². The predicted octanol–water partition coefficient (Wildman–Crippen LogP) is 3.51. The fourth-order valence-corrected chi connectivity index (χ4v) is 3.32. The molecule has 1 atom stereocenters. The van der Waals surface area contributed by atoms with Crippen LogP contribution in [0.15, 0.2) is 58.1 Å². The number of aliphatic hydroxyl groups is 1. The van der Waals surface area contributed by atoms with Gasteiger partial charge < -0.3 is 20.2 Å². The van der Waals surface area contributed by atoms with Gasteiger partial charge in [-0.25, -0.2) is 0 Å². The number of thiophene rings is 1. The molecule has 128 valence electrons. The highest BCUT2D eigenvalue weighted by molar-refractivity contribution is 14.0. The minimum Gasteiger partial charge on any atom is -0.467 e. The van der Waals surface area contributed by atoms with E-state index in [0.717, 1.165) is 16.0 Å². The van der Waals surface area contributed by atoms with Gasteiger partial charge >= 0.3 is 0 Å². The highest BCUT2D eigenvalue weighted by Gasteiger charge is 2.12. The number of benzene rings is 1. The molecule has 7 heteroatoms. The molecule has 2 aromatic heterocycles. The van der Waals surface area contributed by atoms with Crippen molar-refractivity contribution in [2.45, 2.75) is 12.6 Å². The van der Waals surface area contributed by atoms with Gasteiger partial charge in [0.2, 0.25) is 0 Å². The molecule has 0 fully saturated rings. The number of guanidine groups is 1. The number of aliphatic hydroxyl groups excluding tert-OH is 1. The van der Waals surface area contributed by atoms with Gasteiger partial charge in [0.05, 0.1) is 12.8 Å². The van der Waals surface area contributed by atoms with E-state index in [2.05, 4.69) is 27.8 Å². The van der Waals surface area contributed by atoms with E-state index >= 15 is 0 Å². The fraction of sp³-hybridized carbons (Fsp3) is 0.235. The third kappa shape index (κ3) is 4.71. The molecule has 0 saturated heterocycles. The number of furan rings is 1. The van der Waals surface area contributed by atoms with Crippen LogP contribution in [0, 0.1) is 0 Å². The topological polar surface area (TPSA) is 69.8 Å². The van der Waals surface area contributed by atoms with Crippen molar-refractivity contribution in [1.82, 2.24) is 10.6 Å². The molecule has 0 aliphatic carbocycles. The number of halogens is 1. The minimum atomic E-state index is -0.574. The van der Waals surface area contributed by atoms with E-state index in [-0.39, 0.29) is 24.0 Å². The molecule has 0 aliphatic heterocycles. The van der Waals surface area contributed by atoms with Crippen molar-refractivity contribution >= 4 is 51.4 Å². The molecule has 0 aliphatic rings. The van der Waals surface area contributed by atoms with Crippen LogP contribution in [0.25, 0.3) is 10.1 Å². The van der Waals surface area contributed by atoms with Gasteiger partial charge in [-0.1, -0.05) is 18.2 Å². The average molecular weight is 457 g/mol. The van der Waals surface area contributed by atoms with Crippen molar-refractivity contribution in [3.63, 3.8) is 0 Å². The van der Waals surface area contributed by atoms with Gasteiger partial charge in [-0.3, -0.25) is 4.99 Å². The zero-order valence-corrected chi connectivity index (χ0v) is 16.4.